The molecule has 0 aliphatic rings. The second kappa shape index (κ2) is 4.54. The van der Waals surface area contributed by atoms with Gasteiger partial charge in [-0.25, -0.2) is 8.78 Å². The lowest BCUT2D eigenvalue weighted by molar-refractivity contribution is 0.590. The monoisotopic (exact) mass is 340 g/mol. The van der Waals surface area contributed by atoms with E-state index in [2.05, 4.69) is 20.9 Å². The summed E-state index contributed by atoms with van der Waals surface area (Å²) < 4.78 is 29.8. The van der Waals surface area contributed by atoms with Crippen molar-refractivity contribution in [2.24, 2.45) is 0 Å². The summed E-state index contributed by atoms with van der Waals surface area (Å²) in [6, 6.07) is 9.42. The molecular formula is C13H7BrF2N2S. The van der Waals surface area contributed by atoms with Crippen LogP contribution in [0.3, 0.4) is 0 Å². The minimum Gasteiger partial charge on any atom is -0.328 e. The molecule has 96 valence electrons. The van der Waals surface area contributed by atoms with Gasteiger partial charge in [0.05, 0.1) is 11.2 Å². The number of halogens is 3. The van der Waals surface area contributed by atoms with Crippen LogP contribution < -0.4 is 0 Å². The third kappa shape index (κ3) is 2.01. The molecule has 2 nitrogen and oxygen atoms in total. The lowest BCUT2D eigenvalue weighted by atomic mass is 10.2. The van der Waals surface area contributed by atoms with Crippen molar-refractivity contribution in [2.45, 2.75) is 0 Å². The molecule has 0 atom stereocenters. The molecule has 3 aromatic rings. The smallest absolute Gasteiger partial charge is 0.182 e. The second-order valence-corrected chi connectivity index (χ2v) is 5.24. The van der Waals surface area contributed by atoms with Crippen LogP contribution >= 0.6 is 28.1 Å². The molecule has 3 rings (SSSR count). The van der Waals surface area contributed by atoms with Gasteiger partial charge in [-0.3, -0.25) is 4.57 Å². The number of nitrogens with zero attached hydrogens (tertiary/aromatic N) is 1. The van der Waals surface area contributed by atoms with Crippen LogP contribution in [0.4, 0.5) is 8.78 Å². The van der Waals surface area contributed by atoms with E-state index in [0.717, 1.165) is 16.2 Å². The fourth-order valence-electron chi connectivity index (χ4n) is 2.00. The van der Waals surface area contributed by atoms with Crippen LogP contribution in [-0.4, -0.2) is 9.55 Å². The van der Waals surface area contributed by atoms with E-state index in [1.165, 1.54) is 6.07 Å². The zero-order valence-corrected chi connectivity index (χ0v) is 11.9. The van der Waals surface area contributed by atoms with Gasteiger partial charge in [-0.05, 0) is 40.3 Å². The van der Waals surface area contributed by atoms with E-state index in [0.29, 0.717) is 10.3 Å². The molecule has 0 aliphatic carbocycles. The van der Waals surface area contributed by atoms with Crippen LogP contribution in [-0.2, 0) is 0 Å². The highest BCUT2D eigenvalue weighted by atomic mass is 79.9. The first-order chi connectivity index (χ1) is 9.08. The van der Waals surface area contributed by atoms with Gasteiger partial charge in [-0.15, -0.1) is 0 Å². The number of para-hydroxylation sites is 1. The highest BCUT2D eigenvalue weighted by Gasteiger charge is 2.13. The minimum atomic E-state index is -0.660. The van der Waals surface area contributed by atoms with E-state index < -0.39 is 11.6 Å². The number of hydrogen-bond donors (Lipinski definition) is 1. The zero-order chi connectivity index (χ0) is 13.6. The second-order valence-electron chi connectivity index (χ2n) is 4.00. The third-order valence-corrected chi connectivity index (χ3v) is 3.76. The van der Waals surface area contributed by atoms with Crippen LogP contribution in [0, 0.1) is 16.4 Å². The fourth-order valence-corrected chi connectivity index (χ4v) is 2.77. The van der Waals surface area contributed by atoms with Gasteiger partial charge in [0.1, 0.15) is 11.3 Å². The first-order valence-electron chi connectivity index (χ1n) is 5.42. The van der Waals surface area contributed by atoms with E-state index in [4.69, 9.17) is 12.2 Å². The molecule has 1 heterocycles. The van der Waals surface area contributed by atoms with Crippen LogP contribution in [0.2, 0.25) is 0 Å². The number of nitrogens with one attached hydrogen (secondary N) is 1. The van der Waals surface area contributed by atoms with Gasteiger partial charge in [0.25, 0.3) is 0 Å². The lowest BCUT2D eigenvalue weighted by Crippen LogP contribution is -1.95. The molecule has 0 fully saturated rings. The molecule has 0 aliphatic heterocycles. The summed E-state index contributed by atoms with van der Waals surface area (Å²) in [6.07, 6.45) is 0. The van der Waals surface area contributed by atoms with Gasteiger partial charge in [0, 0.05) is 16.6 Å². The normalized spacial score (nSPS) is 11.1. The van der Waals surface area contributed by atoms with E-state index >= 15 is 0 Å². The maximum atomic E-state index is 13.7. The lowest BCUT2D eigenvalue weighted by Gasteiger charge is -2.07. The van der Waals surface area contributed by atoms with Crippen molar-refractivity contribution in [3.8, 4) is 5.69 Å². The predicted molar refractivity (Wildman–Crippen MR) is 76.1 cm³/mol. The zero-order valence-electron chi connectivity index (χ0n) is 9.45. The Labute approximate surface area is 120 Å². The standard InChI is InChI=1S/C13H7BrF2N2S/c14-8-3-1-2-4-10(8)18-11-6-7(15)5-9(16)12(11)17-13(18)19/h1-6H,(H,17,19). The van der Waals surface area contributed by atoms with Gasteiger partial charge < -0.3 is 4.98 Å². The van der Waals surface area contributed by atoms with Gasteiger partial charge in [-0.2, -0.15) is 0 Å². The summed E-state index contributed by atoms with van der Waals surface area (Å²) in [5, 5.41) is 0. The molecular weight excluding hydrogens is 334 g/mol. The molecule has 0 saturated heterocycles. The van der Waals surface area contributed by atoms with Crippen molar-refractivity contribution in [1.29, 1.82) is 0 Å². The molecule has 1 N–H and O–H groups in total. The van der Waals surface area contributed by atoms with Crippen molar-refractivity contribution in [3.05, 3.63) is 57.3 Å². The molecule has 0 amide bonds. The van der Waals surface area contributed by atoms with E-state index in [1.54, 1.807) is 4.57 Å². The molecule has 6 heteroatoms. The number of imidazole rings is 1. The van der Waals surface area contributed by atoms with Gasteiger partial charge in [-0.1, -0.05) is 12.1 Å². The van der Waals surface area contributed by atoms with Crippen molar-refractivity contribution >= 4 is 39.2 Å². The van der Waals surface area contributed by atoms with E-state index in [-0.39, 0.29) is 5.52 Å². The van der Waals surface area contributed by atoms with E-state index in [1.807, 2.05) is 24.3 Å². The van der Waals surface area contributed by atoms with Gasteiger partial charge in [0.2, 0.25) is 0 Å². The maximum Gasteiger partial charge on any atom is 0.182 e. The Hall–Kier alpha value is -1.53. The molecule has 1 aromatic heterocycles. The van der Waals surface area contributed by atoms with Crippen LogP contribution in [0.5, 0.6) is 0 Å². The van der Waals surface area contributed by atoms with Gasteiger partial charge in [0.15, 0.2) is 10.6 Å². The average molecular weight is 341 g/mol. The summed E-state index contributed by atoms with van der Waals surface area (Å²) in [5.74, 6) is -1.30. The molecule has 19 heavy (non-hydrogen) atoms. The predicted octanol–water partition coefficient (Wildman–Crippen LogP) is 4.73. The Bertz CT molecular complexity index is 838. The molecule has 0 unspecified atom stereocenters. The first-order valence-corrected chi connectivity index (χ1v) is 6.63. The minimum absolute atomic E-state index is 0.196. The third-order valence-electron chi connectivity index (χ3n) is 2.80. The fraction of sp³-hybridized carbons (Fsp3) is 0. The van der Waals surface area contributed by atoms with Crippen molar-refractivity contribution < 1.29 is 8.78 Å². The topological polar surface area (TPSA) is 20.7 Å². The van der Waals surface area contributed by atoms with Crippen LogP contribution in [0.1, 0.15) is 0 Å². The average Bonchev–Trinajstić information content (AvgIpc) is 2.67. The summed E-state index contributed by atoms with van der Waals surface area (Å²) in [7, 11) is 0. The summed E-state index contributed by atoms with van der Waals surface area (Å²) in [4.78, 5) is 2.76. The molecule has 0 saturated carbocycles. The van der Waals surface area contributed by atoms with Crippen molar-refractivity contribution in [2.75, 3.05) is 0 Å². The molecule has 0 spiro atoms. The Morgan fingerprint density at radius 2 is 1.89 bits per heavy atom. The van der Waals surface area contributed by atoms with Crippen molar-refractivity contribution in [1.82, 2.24) is 9.55 Å². The van der Waals surface area contributed by atoms with Crippen LogP contribution in [0.25, 0.3) is 16.7 Å². The van der Waals surface area contributed by atoms with Gasteiger partial charge >= 0.3 is 0 Å². The summed E-state index contributed by atoms with van der Waals surface area (Å²) in [5.41, 5.74) is 1.29. The number of aromatic nitrogens is 2. The molecule has 0 radical (unpaired) electrons. The summed E-state index contributed by atoms with van der Waals surface area (Å²) in [6.45, 7) is 0. The highest BCUT2D eigenvalue weighted by molar-refractivity contribution is 9.10. The Morgan fingerprint density at radius 3 is 2.63 bits per heavy atom. The largest absolute Gasteiger partial charge is 0.328 e. The number of aromatic amines is 1. The maximum absolute atomic E-state index is 13.7. The number of H-pyrrole nitrogens is 1. The van der Waals surface area contributed by atoms with E-state index in [9.17, 15) is 8.78 Å². The van der Waals surface area contributed by atoms with Crippen LogP contribution in [0.15, 0.2) is 40.9 Å². The number of rotatable bonds is 1. The number of fused-ring (bicyclic) bond motifs is 1. The molecule has 2 aromatic carbocycles. The Balaban J connectivity index is 2.45. The Morgan fingerprint density at radius 1 is 1.16 bits per heavy atom. The number of hydrogen-bond acceptors (Lipinski definition) is 1. The summed E-state index contributed by atoms with van der Waals surface area (Å²) >= 11 is 8.60. The quantitative estimate of drug-likeness (QED) is 0.635. The highest BCUT2D eigenvalue weighted by Crippen LogP contribution is 2.27. The first kappa shape index (κ1) is 12.5. The number of benzene rings is 2. The molecule has 0 bridgehead atoms. The SMILES string of the molecule is Fc1cc(F)c2[nH]c(=S)n(-c3ccccc3Br)c2c1. The Kier molecular flexibility index (Phi) is 2.99. The van der Waals surface area contributed by atoms with Crippen molar-refractivity contribution in [3.63, 3.8) is 0 Å².